The van der Waals surface area contributed by atoms with E-state index in [9.17, 15) is 9.18 Å². The summed E-state index contributed by atoms with van der Waals surface area (Å²) in [5.41, 5.74) is 0.0365. The molecule has 1 aliphatic heterocycles. The Labute approximate surface area is 138 Å². The highest BCUT2D eigenvalue weighted by Crippen LogP contribution is 2.34. The average molecular weight is 390 g/mol. The zero-order chi connectivity index (χ0) is 15.7. The molecule has 1 amide bonds. The van der Waals surface area contributed by atoms with Crippen LogP contribution in [0, 0.1) is 5.82 Å². The maximum absolute atomic E-state index is 14.2. The van der Waals surface area contributed by atoms with Crippen LogP contribution in [0.15, 0.2) is 16.9 Å². The Morgan fingerprint density at radius 1 is 1.41 bits per heavy atom. The summed E-state index contributed by atoms with van der Waals surface area (Å²) < 4.78 is 19.5. The summed E-state index contributed by atoms with van der Waals surface area (Å²) in [6.07, 6.45) is 0.618. The van der Waals surface area contributed by atoms with Gasteiger partial charge in [-0.05, 0) is 22.0 Å². The Balaban J connectivity index is 1.95. The minimum Gasteiger partial charge on any atom is -0.390 e. The van der Waals surface area contributed by atoms with E-state index in [-0.39, 0.29) is 26.3 Å². The number of carbonyl (C=O) groups is 1. The van der Waals surface area contributed by atoms with Gasteiger partial charge in [0.05, 0.1) is 14.9 Å². The van der Waals surface area contributed by atoms with Crippen LogP contribution in [0.2, 0.25) is 5.02 Å². The molecule has 1 aromatic heterocycles. The van der Waals surface area contributed by atoms with Crippen molar-refractivity contribution in [3.63, 3.8) is 0 Å². The number of rotatable bonds is 1. The summed E-state index contributed by atoms with van der Waals surface area (Å²) in [5, 5.41) is 3.54. The number of fused-ring (bicyclic) bond motifs is 1. The van der Waals surface area contributed by atoms with E-state index in [0.717, 1.165) is 6.33 Å². The van der Waals surface area contributed by atoms with E-state index in [0.29, 0.717) is 26.2 Å². The van der Waals surface area contributed by atoms with E-state index >= 15 is 0 Å². The molecule has 0 aliphatic carbocycles. The van der Waals surface area contributed by atoms with Crippen LogP contribution in [0.5, 0.6) is 5.88 Å². The second-order valence-electron chi connectivity index (χ2n) is 4.67. The molecule has 2 heterocycles. The van der Waals surface area contributed by atoms with E-state index in [1.165, 1.54) is 6.07 Å². The van der Waals surface area contributed by atoms with Crippen molar-refractivity contribution >= 4 is 44.5 Å². The van der Waals surface area contributed by atoms with Crippen molar-refractivity contribution in [2.45, 2.75) is 0 Å². The Hall–Kier alpha value is -1.51. The lowest BCUT2D eigenvalue weighted by molar-refractivity contribution is 0.144. The first-order valence-electron chi connectivity index (χ1n) is 6.53. The van der Waals surface area contributed by atoms with Gasteiger partial charge in [0.1, 0.15) is 11.8 Å². The fourth-order valence-corrected chi connectivity index (χ4v) is 2.65. The Bertz CT molecular complexity index is 740. The molecule has 2 aromatic rings. The van der Waals surface area contributed by atoms with Crippen LogP contribution in [0.3, 0.4) is 0 Å². The zero-order valence-corrected chi connectivity index (χ0v) is 13.6. The quantitative estimate of drug-likeness (QED) is 0.760. The van der Waals surface area contributed by atoms with Crippen molar-refractivity contribution in [2.75, 3.05) is 26.2 Å². The molecule has 116 valence electrons. The third-order valence-corrected chi connectivity index (χ3v) is 4.59. The van der Waals surface area contributed by atoms with Gasteiger partial charge < -0.3 is 15.0 Å². The number of piperazine rings is 1. The maximum atomic E-state index is 14.2. The third kappa shape index (κ3) is 2.86. The SMILES string of the molecule is O=C(Oc1ncnc2c(F)c(Br)c(Cl)cc12)N1CCNCC1. The molecule has 1 aromatic carbocycles. The Morgan fingerprint density at radius 2 is 2.14 bits per heavy atom. The van der Waals surface area contributed by atoms with Gasteiger partial charge in [-0.2, -0.15) is 0 Å². The summed E-state index contributed by atoms with van der Waals surface area (Å²) in [6.45, 7) is 2.49. The topological polar surface area (TPSA) is 67.3 Å². The second kappa shape index (κ2) is 6.31. The van der Waals surface area contributed by atoms with Gasteiger partial charge in [0.25, 0.3) is 0 Å². The molecule has 22 heavy (non-hydrogen) atoms. The zero-order valence-electron chi connectivity index (χ0n) is 11.3. The summed E-state index contributed by atoms with van der Waals surface area (Å²) in [6, 6.07) is 1.46. The first-order valence-corrected chi connectivity index (χ1v) is 7.70. The lowest BCUT2D eigenvalue weighted by Gasteiger charge is -2.26. The summed E-state index contributed by atoms with van der Waals surface area (Å²) in [7, 11) is 0. The smallest absolute Gasteiger partial charge is 0.390 e. The highest BCUT2D eigenvalue weighted by molar-refractivity contribution is 9.10. The van der Waals surface area contributed by atoms with E-state index in [1.807, 2.05) is 0 Å². The molecule has 1 aliphatic rings. The van der Waals surface area contributed by atoms with E-state index in [2.05, 4.69) is 31.2 Å². The molecule has 6 nitrogen and oxygen atoms in total. The number of halogens is 3. The lowest BCUT2D eigenvalue weighted by atomic mass is 10.2. The Morgan fingerprint density at radius 3 is 2.86 bits per heavy atom. The molecule has 0 radical (unpaired) electrons. The largest absolute Gasteiger partial charge is 0.416 e. The molecule has 0 atom stereocenters. The van der Waals surface area contributed by atoms with Gasteiger partial charge in [0.2, 0.25) is 5.88 Å². The van der Waals surface area contributed by atoms with E-state index in [1.54, 1.807) is 4.90 Å². The molecule has 1 N–H and O–H groups in total. The number of hydrogen-bond acceptors (Lipinski definition) is 5. The van der Waals surface area contributed by atoms with Gasteiger partial charge in [-0.3, -0.25) is 0 Å². The maximum Gasteiger partial charge on any atom is 0.416 e. The highest BCUT2D eigenvalue weighted by Gasteiger charge is 2.21. The van der Waals surface area contributed by atoms with Crippen LogP contribution >= 0.6 is 27.5 Å². The van der Waals surface area contributed by atoms with Crippen LogP contribution in [-0.2, 0) is 0 Å². The van der Waals surface area contributed by atoms with Crippen molar-refractivity contribution in [3.05, 3.63) is 27.7 Å². The predicted octanol–water partition coefficient (Wildman–Crippen LogP) is 2.59. The Kier molecular flexibility index (Phi) is 4.42. The monoisotopic (exact) mass is 388 g/mol. The number of benzene rings is 1. The number of nitrogens with zero attached hydrogens (tertiary/aromatic N) is 3. The van der Waals surface area contributed by atoms with Crippen molar-refractivity contribution in [2.24, 2.45) is 0 Å². The molecule has 9 heteroatoms. The lowest BCUT2D eigenvalue weighted by Crippen LogP contribution is -2.47. The first kappa shape index (κ1) is 15.4. The molecule has 3 rings (SSSR count). The van der Waals surface area contributed by atoms with Gasteiger partial charge in [-0.1, -0.05) is 11.6 Å². The van der Waals surface area contributed by atoms with Gasteiger partial charge >= 0.3 is 6.09 Å². The van der Waals surface area contributed by atoms with Gasteiger partial charge in [0.15, 0.2) is 5.82 Å². The van der Waals surface area contributed by atoms with Crippen LogP contribution < -0.4 is 10.1 Å². The molecular weight excluding hydrogens is 379 g/mol. The fourth-order valence-electron chi connectivity index (χ4n) is 2.16. The molecular formula is C13H11BrClFN4O2. The van der Waals surface area contributed by atoms with Crippen LogP contribution in [0.4, 0.5) is 9.18 Å². The predicted molar refractivity (Wildman–Crippen MR) is 82.7 cm³/mol. The third-order valence-electron chi connectivity index (χ3n) is 3.29. The average Bonchev–Trinajstić information content (AvgIpc) is 2.54. The number of amides is 1. The minimum absolute atomic E-state index is 0.0122. The van der Waals surface area contributed by atoms with Gasteiger partial charge in [0, 0.05) is 26.2 Å². The minimum atomic E-state index is -0.621. The fraction of sp³-hybridized carbons (Fsp3) is 0.308. The van der Waals surface area contributed by atoms with Crippen LogP contribution in [0.1, 0.15) is 0 Å². The molecule has 0 unspecified atom stereocenters. The molecule has 1 fully saturated rings. The van der Waals surface area contributed by atoms with E-state index < -0.39 is 11.9 Å². The molecule has 0 spiro atoms. The van der Waals surface area contributed by atoms with Crippen LogP contribution in [-0.4, -0.2) is 47.1 Å². The molecule has 0 bridgehead atoms. The van der Waals surface area contributed by atoms with Crippen molar-refractivity contribution in [3.8, 4) is 5.88 Å². The second-order valence-corrected chi connectivity index (χ2v) is 5.87. The number of nitrogens with one attached hydrogen (secondary N) is 1. The number of carbonyl (C=O) groups excluding carboxylic acids is 1. The van der Waals surface area contributed by atoms with E-state index in [4.69, 9.17) is 16.3 Å². The van der Waals surface area contributed by atoms with Crippen molar-refractivity contribution in [1.29, 1.82) is 0 Å². The molecule has 1 saturated heterocycles. The van der Waals surface area contributed by atoms with Crippen molar-refractivity contribution in [1.82, 2.24) is 20.2 Å². The summed E-state index contributed by atoms with van der Waals surface area (Å²) >= 11 is 9.00. The molecule has 0 saturated carbocycles. The first-order chi connectivity index (χ1) is 10.6. The van der Waals surface area contributed by atoms with Crippen molar-refractivity contribution < 1.29 is 13.9 Å². The number of aromatic nitrogens is 2. The standard InChI is InChI=1S/C13H11BrClFN4O2/c14-9-8(15)5-7-11(10(9)16)18-6-19-12(7)22-13(21)20-3-1-17-2-4-20/h5-6,17H,1-4H2. The van der Waals surface area contributed by atoms with Gasteiger partial charge in [-0.25, -0.2) is 19.2 Å². The summed E-state index contributed by atoms with van der Waals surface area (Å²) in [4.78, 5) is 21.5. The normalized spacial score (nSPS) is 15.1. The summed E-state index contributed by atoms with van der Waals surface area (Å²) in [5.74, 6) is -0.633. The van der Waals surface area contributed by atoms with Gasteiger partial charge in [-0.15, -0.1) is 0 Å². The van der Waals surface area contributed by atoms with Crippen LogP contribution in [0.25, 0.3) is 10.9 Å². The number of hydrogen-bond donors (Lipinski definition) is 1. The number of ether oxygens (including phenoxy) is 1. The highest BCUT2D eigenvalue weighted by atomic mass is 79.9.